The van der Waals surface area contributed by atoms with Crippen LogP contribution in [0.3, 0.4) is 0 Å². The molecule has 0 saturated carbocycles. The number of nitrogens with two attached hydrogens (primary N) is 1. The Morgan fingerprint density at radius 3 is 2.58 bits per heavy atom. The summed E-state index contributed by atoms with van der Waals surface area (Å²) in [5, 5.41) is 0. The summed E-state index contributed by atoms with van der Waals surface area (Å²) in [7, 11) is 0. The van der Waals surface area contributed by atoms with Gasteiger partial charge in [0.2, 0.25) is 0 Å². The van der Waals surface area contributed by atoms with Crippen LogP contribution < -0.4 is 5.73 Å². The highest BCUT2D eigenvalue weighted by Gasteiger charge is 2.19. The largest absolute Gasteiger partial charge is 0.393 e. The Kier molecular flexibility index (Phi) is 6.47. The van der Waals surface area contributed by atoms with Crippen LogP contribution in [0.4, 0.5) is 0 Å². The molecule has 12 heavy (non-hydrogen) atoms. The molecule has 6 heteroatoms. The highest BCUT2D eigenvalue weighted by molar-refractivity contribution is 14.1. The number of hydrogen-bond acceptors (Lipinski definition) is 4. The van der Waals surface area contributed by atoms with E-state index in [-0.39, 0.29) is 8.72 Å². The van der Waals surface area contributed by atoms with Crippen molar-refractivity contribution in [3.63, 3.8) is 0 Å². The van der Waals surface area contributed by atoms with Crippen molar-refractivity contribution in [3.8, 4) is 0 Å². The van der Waals surface area contributed by atoms with E-state index >= 15 is 0 Å². The Morgan fingerprint density at radius 1 is 1.75 bits per heavy atom. The van der Waals surface area contributed by atoms with Crippen molar-refractivity contribution in [3.05, 3.63) is 0 Å². The minimum atomic E-state index is -0.513. The monoisotopic (exact) mass is 415 g/mol. The average molecular weight is 415 g/mol. The SMILES string of the molecule is CC(C)(I)SCC(N)C(=O)OI. The fourth-order valence-corrected chi connectivity index (χ4v) is 1.99. The van der Waals surface area contributed by atoms with E-state index in [0.717, 1.165) is 0 Å². The number of carbonyl (C=O) groups is 1. The van der Waals surface area contributed by atoms with Crippen LogP contribution in [0.2, 0.25) is 0 Å². The van der Waals surface area contributed by atoms with Crippen molar-refractivity contribution in [2.75, 3.05) is 5.75 Å². The summed E-state index contributed by atoms with van der Waals surface area (Å²) in [5.74, 6) is 0.237. The smallest absolute Gasteiger partial charge is 0.333 e. The zero-order chi connectivity index (χ0) is 9.78. The van der Waals surface area contributed by atoms with Crippen LogP contribution in [0.5, 0.6) is 0 Å². The van der Waals surface area contributed by atoms with Gasteiger partial charge in [0, 0.05) is 5.75 Å². The van der Waals surface area contributed by atoms with Gasteiger partial charge in [-0.1, -0.05) is 22.6 Å². The van der Waals surface area contributed by atoms with Crippen LogP contribution in [0, 0.1) is 0 Å². The average Bonchev–Trinajstić information content (AvgIpc) is 1.97. The number of carbonyl (C=O) groups excluding carboxylic acids is 1. The number of thioether (sulfide) groups is 1. The molecule has 3 nitrogen and oxygen atoms in total. The Morgan fingerprint density at radius 2 is 2.25 bits per heavy atom. The standard InChI is InChI=1S/C6H11I2NO2S/c1-6(2,7)12-3-4(9)5(10)11-8/h4H,3,9H2,1-2H3. The summed E-state index contributed by atoms with van der Waals surface area (Å²) in [6, 6.07) is -0.513. The van der Waals surface area contributed by atoms with Gasteiger partial charge in [-0.3, -0.25) is 0 Å². The summed E-state index contributed by atoms with van der Waals surface area (Å²) in [5.41, 5.74) is 5.53. The third-order valence-corrected chi connectivity index (χ3v) is 3.57. The predicted molar refractivity (Wildman–Crippen MR) is 68.6 cm³/mol. The second-order valence-electron chi connectivity index (χ2n) is 2.68. The van der Waals surface area contributed by atoms with Crippen LogP contribution in [0.1, 0.15) is 13.8 Å². The first-order chi connectivity index (χ1) is 5.37. The topological polar surface area (TPSA) is 52.3 Å². The maximum atomic E-state index is 10.9. The summed E-state index contributed by atoms with van der Waals surface area (Å²) in [6.07, 6.45) is 0. The van der Waals surface area contributed by atoms with Crippen molar-refractivity contribution in [1.29, 1.82) is 0 Å². The molecule has 0 aliphatic rings. The molecule has 0 aliphatic carbocycles. The first kappa shape index (κ1) is 13.2. The summed E-state index contributed by atoms with van der Waals surface area (Å²) in [6.45, 7) is 4.14. The second kappa shape index (κ2) is 5.86. The second-order valence-corrected chi connectivity index (χ2v) is 8.19. The van der Waals surface area contributed by atoms with E-state index in [1.54, 1.807) is 34.8 Å². The minimum absolute atomic E-state index is 0.112. The van der Waals surface area contributed by atoms with Crippen LogP contribution in [-0.2, 0) is 7.86 Å². The molecule has 0 aromatic carbocycles. The number of alkyl halides is 1. The van der Waals surface area contributed by atoms with Crippen molar-refractivity contribution >= 4 is 63.3 Å². The molecule has 0 aliphatic heterocycles. The van der Waals surface area contributed by atoms with Crippen molar-refractivity contribution < 1.29 is 7.86 Å². The van der Waals surface area contributed by atoms with Gasteiger partial charge in [0.25, 0.3) is 0 Å². The van der Waals surface area contributed by atoms with Gasteiger partial charge in [-0.25, -0.2) is 4.79 Å². The molecule has 0 fully saturated rings. The Labute approximate surface area is 104 Å². The van der Waals surface area contributed by atoms with E-state index < -0.39 is 6.04 Å². The zero-order valence-electron chi connectivity index (χ0n) is 6.84. The Bertz CT molecular complexity index is 160. The van der Waals surface area contributed by atoms with Gasteiger partial charge in [-0.15, -0.1) is 11.8 Å². The molecule has 0 heterocycles. The zero-order valence-corrected chi connectivity index (χ0v) is 12.0. The van der Waals surface area contributed by atoms with Crippen LogP contribution in [-0.4, -0.2) is 20.5 Å². The lowest BCUT2D eigenvalue weighted by Gasteiger charge is -2.17. The number of hydrogen-bond donors (Lipinski definition) is 1. The maximum absolute atomic E-state index is 10.9. The summed E-state index contributed by atoms with van der Waals surface area (Å²) >= 11 is 5.49. The van der Waals surface area contributed by atoms with Crippen molar-refractivity contribution in [1.82, 2.24) is 0 Å². The van der Waals surface area contributed by atoms with Gasteiger partial charge in [0.1, 0.15) is 6.04 Å². The van der Waals surface area contributed by atoms with Gasteiger partial charge in [-0.05, 0) is 13.8 Å². The normalized spacial score (nSPS) is 14.1. The number of halogens is 2. The molecule has 0 rings (SSSR count). The molecule has 0 aromatic heterocycles. The van der Waals surface area contributed by atoms with Gasteiger partial charge in [0.15, 0.2) is 23.0 Å². The molecule has 0 radical (unpaired) electrons. The van der Waals surface area contributed by atoms with Crippen LogP contribution in [0.15, 0.2) is 0 Å². The molecule has 1 atom stereocenters. The van der Waals surface area contributed by atoms with E-state index in [2.05, 4.69) is 39.5 Å². The molecule has 0 saturated heterocycles. The number of rotatable bonds is 4. The van der Waals surface area contributed by atoms with E-state index in [4.69, 9.17) is 5.73 Å². The lowest BCUT2D eigenvalue weighted by atomic mass is 10.4. The molecule has 2 N–H and O–H groups in total. The third kappa shape index (κ3) is 6.72. The van der Waals surface area contributed by atoms with E-state index in [0.29, 0.717) is 5.75 Å². The van der Waals surface area contributed by atoms with Gasteiger partial charge in [-0.2, -0.15) is 0 Å². The molecular formula is C6H11I2NO2S. The Balaban J connectivity index is 3.72. The molecule has 0 aromatic rings. The van der Waals surface area contributed by atoms with E-state index in [9.17, 15) is 4.79 Å². The fourth-order valence-electron chi connectivity index (χ4n) is 0.413. The lowest BCUT2D eigenvalue weighted by molar-refractivity contribution is -0.132. The fraction of sp³-hybridized carbons (Fsp3) is 0.833. The Hall–Kier alpha value is 1.24. The first-order valence-corrected chi connectivity index (χ1v) is 6.22. The van der Waals surface area contributed by atoms with Gasteiger partial charge < -0.3 is 8.80 Å². The van der Waals surface area contributed by atoms with Crippen LogP contribution in [0.25, 0.3) is 0 Å². The van der Waals surface area contributed by atoms with Gasteiger partial charge >= 0.3 is 5.97 Å². The summed E-state index contributed by atoms with van der Waals surface area (Å²) < 4.78 is 4.58. The maximum Gasteiger partial charge on any atom is 0.333 e. The lowest BCUT2D eigenvalue weighted by Crippen LogP contribution is -2.33. The molecule has 72 valence electrons. The minimum Gasteiger partial charge on any atom is -0.393 e. The van der Waals surface area contributed by atoms with Crippen LogP contribution >= 0.6 is 57.4 Å². The molecular weight excluding hydrogens is 404 g/mol. The molecule has 1 unspecified atom stereocenters. The first-order valence-electron chi connectivity index (χ1n) is 3.27. The third-order valence-electron chi connectivity index (χ3n) is 0.985. The predicted octanol–water partition coefficient (Wildman–Crippen LogP) is 2.11. The van der Waals surface area contributed by atoms with Gasteiger partial charge in [0.05, 0.1) is 2.75 Å². The highest BCUT2D eigenvalue weighted by atomic mass is 127. The van der Waals surface area contributed by atoms with Crippen molar-refractivity contribution in [2.45, 2.75) is 22.6 Å². The summed E-state index contributed by atoms with van der Waals surface area (Å²) in [4.78, 5) is 10.9. The molecule has 0 bridgehead atoms. The van der Waals surface area contributed by atoms with Crippen molar-refractivity contribution in [2.24, 2.45) is 5.73 Å². The molecule has 0 spiro atoms. The highest BCUT2D eigenvalue weighted by Crippen LogP contribution is 2.31. The molecule has 0 amide bonds. The van der Waals surface area contributed by atoms with E-state index in [1.165, 1.54) is 0 Å². The van der Waals surface area contributed by atoms with E-state index in [1.807, 2.05) is 0 Å². The quantitative estimate of drug-likeness (QED) is 0.565.